The SMILES string of the molecule is CC[C@@H](C)Oc1cc2c(cc1OC)C=CN(c1ccc(N(CC3CCCC3)C(C)=O)cc1)C2c1ccc(Cl)cc1. The number of amides is 1. The van der Waals surface area contributed by atoms with Crippen molar-refractivity contribution in [1.82, 2.24) is 0 Å². The van der Waals surface area contributed by atoms with Crippen molar-refractivity contribution in [2.24, 2.45) is 5.92 Å². The molecule has 0 N–H and O–H groups in total. The highest BCUT2D eigenvalue weighted by molar-refractivity contribution is 6.30. The molecule has 2 aliphatic rings. The second kappa shape index (κ2) is 12.4. The number of hydrogen-bond acceptors (Lipinski definition) is 4. The first-order chi connectivity index (χ1) is 19.4. The van der Waals surface area contributed by atoms with Gasteiger partial charge in [0.25, 0.3) is 0 Å². The largest absolute Gasteiger partial charge is 0.493 e. The molecular weight excluding hydrogens is 520 g/mol. The van der Waals surface area contributed by atoms with Gasteiger partial charge in [-0.05, 0) is 103 Å². The van der Waals surface area contributed by atoms with E-state index in [4.69, 9.17) is 21.1 Å². The molecule has 0 spiro atoms. The Morgan fingerprint density at radius 1 is 1.05 bits per heavy atom. The predicted molar refractivity (Wildman–Crippen MR) is 165 cm³/mol. The van der Waals surface area contributed by atoms with Crippen molar-refractivity contribution in [3.05, 3.63) is 88.6 Å². The predicted octanol–water partition coefficient (Wildman–Crippen LogP) is 8.65. The third kappa shape index (κ3) is 6.00. The molecule has 1 unspecified atom stereocenters. The van der Waals surface area contributed by atoms with E-state index in [1.165, 1.54) is 25.7 Å². The van der Waals surface area contributed by atoms with E-state index in [-0.39, 0.29) is 18.1 Å². The van der Waals surface area contributed by atoms with Crippen LogP contribution in [0.15, 0.2) is 66.9 Å². The minimum Gasteiger partial charge on any atom is -0.493 e. The van der Waals surface area contributed by atoms with Crippen molar-refractivity contribution in [2.45, 2.75) is 65.0 Å². The normalized spacial score (nSPS) is 17.4. The van der Waals surface area contributed by atoms with E-state index >= 15 is 0 Å². The molecule has 210 valence electrons. The maximum absolute atomic E-state index is 12.6. The first-order valence-corrected chi connectivity index (χ1v) is 14.7. The molecule has 3 aromatic carbocycles. The summed E-state index contributed by atoms with van der Waals surface area (Å²) in [5.41, 5.74) is 5.31. The number of anilines is 2. The molecule has 1 saturated carbocycles. The highest BCUT2D eigenvalue weighted by atomic mass is 35.5. The molecule has 1 aliphatic heterocycles. The van der Waals surface area contributed by atoms with Crippen molar-refractivity contribution in [2.75, 3.05) is 23.5 Å². The van der Waals surface area contributed by atoms with Crippen LogP contribution < -0.4 is 19.3 Å². The van der Waals surface area contributed by atoms with Crippen LogP contribution in [-0.2, 0) is 4.79 Å². The monoisotopic (exact) mass is 558 g/mol. The van der Waals surface area contributed by atoms with Gasteiger partial charge in [0.2, 0.25) is 5.91 Å². The van der Waals surface area contributed by atoms with Crippen LogP contribution in [0.4, 0.5) is 11.4 Å². The molecule has 0 saturated heterocycles. The number of halogens is 1. The Labute approximate surface area is 243 Å². The van der Waals surface area contributed by atoms with Crippen LogP contribution in [0.25, 0.3) is 6.08 Å². The topological polar surface area (TPSA) is 42.0 Å². The molecule has 0 bridgehead atoms. The standard InChI is InChI=1S/C34H39ClN2O3/c1-5-23(2)40-33-21-31-27(20-32(33)39-4)18-19-36(34(31)26-10-12-28(35)13-11-26)29-14-16-30(17-15-29)37(24(3)38)22-25-8-6-7-9-25/h10-21,23,25,34H,5-9,22H2,1-4H3/t23-,34?/m1/s1. The summed E-state index contributed by atoms with van der Waals surface area (Å²) >= 11 is 6.28. The Bertz CT molecular complexity index is 1350. The average molecular weight is 559 g/mol. The number of ether oxygens (including phenoxy) is 2. The molecule has 6 heteroatoms. The number of rotatable bonds is 9. The third-order valence-electron chi connectivity index (χ3n) is 8.20. The van der Waals surface area contributed by atoms with E-state index in [0.717, 1.165) is 52.5 Å². The van der Waals surface area contributed by atoms with Gasteiger partial charge in [-0.15, -0.1) is 0 Å². The van der Waals surface area contributed by atoms with Gasteiger partial charge in [-0.1, -0.05) is 43.5 Å². The van der Waals surface area contributed by atoms with Gasteiger partial charge >= 0.3 is 0 Å². The first kappa shape index (κ1) is 28.1. The lowest BCUT2D eigenvalue weighted by molar-refractivity contribution is -0.116. The fourth-order valence-electron chi connectivity index (χ4n) is 5.81. The molecule has 0 aromatic heterocycles. The molecule has 40 heavy (non-hydrogen) atoms. The van der Waals surface area contributed by atoms with Gasteiger partial charge in [0.1, 0.15) is 0 Å². The molecule has 0 radical (unpaired) electrons. The van der Waals surface area contributed by atoms with Gasteiger partial charge < -0.3 is 19.3 Å². The molecule has 1 heterocycles. The number of carbonyl (C=O) groups is 1. The average Bonchev–Trinajstić information content (AvgIpc) is 3.49. The molecule has 5 nitrogen and oxygen atoms in total. The van der Waals surface area contributed by atoms with Gasteiger partial charge in [0.05, 0.1) is 19.3 Å². The van der Waals surface area contributed by atoms with Crippen LogP contribution in [0.2, 0.25) is 5.02 Å². The van der Waals surface area contributed by atoms with E-state index < -0.39 is 0 Å². The Morgan fingerprint density at radius 2 is 1.75 bits per heavy atom. The molecule has 2 atom stereocenters. The van der Waals surface area contributed by atoms with Crippen LogP contribution in [0.1, 0.15) is 75.6 Å². The van der Waals surface area contributed by atoms with Gasteiger partial charge in [-0.25, -0.2) is 0 Å². The number of benzene rings is 3. The fraction of sp³-hybridized carbons (Fsp3) is 0.382. The Morgan fingerprint density at radius 3 is 2.38 bits per heavy atom. The second-order valence-corrected chi connectivity index (χ2v) is 11.4. The van der Waals surface area contributed by atoms with E-state index in [1.807, 2.05) is 17.0 Å². The first-order valence-electron chi connectivity index (χ1n) is 14.4. The Balaban J connectivity index is 1.52. The van der Waals surface area contributed by atoms with Crippen LogP contribution in [0.3, 0.4) is 0 Å². The van der Waals surface area contributed by atoms with Crippen LogP contribution >= 0.6 is 11.6 Å². The quantitative estimate of drug-likeness (QED) is 0.263. The highest BCUT2D eigenvalue weighted by Crippen LogP contribution is 2.44. The summed E-state index contributed by atoms with van der Waals surface area (Å²) in [6.07, 6.45) is 10.1. The lowest BCUT2D eigenvalue weighted by Crippen LogP contribution is -2.33. The van der Waals surface area contributed by atoms with Gasteiger partial charge in [0.15, 0.2) is 11.5 Å². The minimum absolute atomic E-state index is 0.0668. The number of methoxy groups -OCH3 is 1. The van der Waals surface area contributed by atoms with Crippen molar-refractivity contribution in [3.8, 4) is 11.5 Å². The van der Waals surface area contributed by atoms with Gasteiger partial charge in [0, 0.05) is 36.1 Å². The molecule has 5 rings (SSSR count). The fourth-order valence-corrected chi connectivity index (χ4v) is 5.94. The smallest absolute Gasteiger partial charge is 0.223 e. The summed E-state index contributed by atoms with van der Waals surface area (Å²) in [4.78, 5) is 16.8. The number of hydrogen-bond donors (Lipinski definition) is 0. The highest BCUT2D eigenvalue weighted by Gasteiger charge is 2.29. The van der Waals surface area contributed by atoms with Gasteiger partial charge in [-0.2, -0.15) is 0 Å². The summed E-state index contributed by atoms with van der Waals surface area (Å²) in [6, 6.07) is 20.5. The second-order valence-electron chi connectivity index (χ2n) is 10.9. The number of nitrogens with zero attached hydrogens (tertiary/aromatic N) is 2. The maximum Gasteiger partial charge on any atom is 0.223 e. The summed E-state index contributed by atoms with van der Waals surface area (Å²) in [7, 11) is 1.68. The summed E-state index contributed by atoms with van der Waals surface area (Å²) in [5, 5.41) is 0.702. The van der Waals surface area contributed by atoms with Crippen molar-refractivity contribution in [1.29, 1.82) is 0 Å². The summed E-state index contributed by atoms with van der Waals surface area (Å²) in [6.45, 7) is 6.64. The summed E-state index contributed by atoms with van der Waals surface area (Å²) < 4.78 is 12.0. The van der Waals surface area contributed by atoms with E-state index in [1.54, 1.807) is 14.0 Å². The zero-order valence-corrected chi connectivity index (χ0v) is 24.7. The zero-order valence-electron chi connectivity index (χ0n) is 23.9. The van der Waals surface area contributed by atoms with E-state index in [9.17, 15) is 4.79 Å². The minimum atomic E-state index is -0.101. The van der Waals surface area contributed by atoms with Gasteiger partial charge in [-0.3, -0.25) is 4.79 Å². The number of fused-ring (bicyclic) bond motifs is 1. The molecule has 1 amide bonds. The lowest BCUT2D eigenvalue weighted by Gasteiger charge is -2.36. The van der Waals surface area contributed by atoms with Crippen LogP contribution in [-0.4, -0.2) is 25.7 Å². The zero-order chi connectivity index (χ0) is 28.2. The van der Waals surface area contributed by atoms with Crippen LogP contribution in [0.5, 0.6) is 11.5 Å². The number of carbonyl (C=O) groups excluding carboxylic acids is 1. The maximum atomic E-state index is 12.6. The Hall–Kier alpha value is -3.44. The van der Waals surface area contributed by atoms with Crippen LogP contribution in [0, 0.1) is 5.92 Å². The van der Waals surface area contributed by atoms with Crippen molar-refractivity contribution < 1.29 is 14.3 Å². The third-order valence-corrected chi connectivity index (χ3v) is 8.45. The van der Waals surface area contributed by atoms with E-state index in [0.29, 0.717) is 10.9 Å². The van der Waals surface area contributed by atoms with Crippen molar-refractivity contribution in [3.63, 3.8) is 0 Å². The van der Waals surface area contributed by atoms with Crippen molar-refractivity contribution >= 4 is 35.0 Å². The Kier molecular flexibility index (Phi) is 8.70. The van der Waals surface area contributed by atoms with E-state index in [2.05, 4.69) is 79.6 Å². The molecule has 1 aliphatic carbocycles. The summed E-state index contributed by atoms with van der Waals surface area (Å²) in [5.74, 6) is 2.14. The molecule has 1 fully saturated rings. The molecular formula is C34H39ClN2O3. The molecule has 3 aromatic rings. The lowest BCUT2D eigenvalue weighted by atomic mass is 9.89.